The van der Waals surface area contributed by atoms with Crippen LogP contribution in [0.1, 0.15) is 5.56 Å². The van der Waals surface area contributed by atoms with E-state index < -0.39 is 10.0 Å². The van der Waals surface area contributed by atoms with Crippen molar-refractivity contribution in [3.8, 4) is 23.0 Å². The third-order valence-corrected chi connectivity index (χ3v) is 6.45. The summed E-state index contributed by atoms with van der Waals surface area (Å²) < 4.78 is 49.8. The second-order valence-electron chi connectivity index (χ2n) is 5.76. The van der Waals surface area contributed by atoms with Crippen LogP contribution in [0.25, 0.3) is 0 Å². The number of rotatable bonds is 5. The molecule has 26 heavy (non-hydrogen) atoms. The van der Waals surface area contributed by atoms with Gasteiger partial charge in [-0.3, -0.25) is 0 Å². The molecule has 0 fully saturated rings. The topological polar surface area (TPSA) is 83.1 Å². The van der Waals surface area contributed by atoms with Gasteiger partial charge in [-0.1, -0.05) is 6.07 Å². The largest absolute Gasteiger partial charge is 0.486 e. The molecule has 2 aromatic carbocycles. The molecule has 2 heterocycles. The number of hydrogen-bond donors (Lipinski definition) is 1. The van der Waals surface area contributed by atoms with Gasteiger partial charge >= 0.3 is 0 Å². The normalized spacial score (nSPS) is 15.1. The van der Waals surface area contributed by atoms with Crippen LogP contribution in [0.4, 0.5) is 0 Å². The standard InChI is InChI=1S/C17H16BrNO6S/c18-12-8-15-16(23-6-5-22-15)9-17(12)26(20,21)19-4-3-11-1-2-13-14(7-11)25-10-24-13/h1-2,7-9,19H,3-6,10H2. The van der Waals surface area contributed by atoms with Crippen LogP contribution in [0.3, 0.4) is 0 Å². The minimum Gasteiger partial charge on any atom is -0.486 e. The van der Waals surface area contributed by atoms with Crippen LogP contribution in [0.15, 0.2) is 39.7 Å². The Hall–Kier alpha value is -1.97. The van der Waals surface area contributed by atoms with Crippen LogP contribution < -0.4 is 23.7 Å². The molecule has 0 bridgehead atoms. The highest BCUT2D eigenvalue weighted by molar-refractivity contribution is 9.10. The van der Waals surface area contributed by atoms with Gasteiger partial charge in [0.1, 0.15) is 18.1 Å². The molecule has 138 valence electrons. The molecule has 0 amide bonds. The van der Waals surface area contributed by atoms with E-state index in [-0.39, 0.29) is 18.2 Å². The number of nitrogens with one attached hydrogen (secondary N) is 1. The predicted octanol–water partition coefficient (Wildman–Crippen LogP) is 2.47. The fraction of sp³-hybridized carbons (Fsp3) is 0.294. The number of halogens is 1. The summed E-state index contributed by atoms with van der Waals surface area (Å²) in [5, 5.41) is 0. The summed E-state index contributed by atoms with van der Waals surface area (Å²) in [6.45, 7) is 1.30. The predicted molar refractivity (Wildman–Crippen MR) is 96.6 cm³/mol. The lowest BCUT2D eigenvalue weighted by Crippen LogP contribution is -2.26. The van der Waals surface area contributed by atoms with Gasteiger partial charge in [0.2, 0.25) is 16.8 Å². The molecule has 2 aromatic rings. The highest BCUT2D eigenvalue weighted by atomic mass is 79.9. The average molecular weight is 442 g/mol. The molecular formula is C17H16BrNO6S. The Morgan fingerprint density at radius 2 is 1.62 bits per heavy atom. The third kappa shape index (κ3) is 3.46. The highest BCUT2D eigenvalue weighted by Crippen LogP contribution is 2.37. The molecule has 0 aliphatic carbocycles. The van der Waals surface area contributed by atoms with Crippen molar-refractivity contribution in [3.63, 3.8) is 0 Å². The first kappa shape index (κ1) is 17.4. The third-order valence-electron chi connectivity index (χ3n) is 4.03. The van der Waals surface area contributed by atoms with Gasteiger partial charge in [-0.05, 0) is 46.1 Å². The molecule has 0 unspecified atom stereocenters. The van der Waals surface area contributed by atoms with Crippen molar-refractivity contribution in [2.24, 2.45) is 0 Å². The number of sulfonamides is 1. The zero-order valence-corrected chi connectivity index (χ0v) is 16.1. The molecule has 4 rings (SSSR count). The Morgan fingerprint density at radius 3 is 2.42 bits per heavy atom. The Labute approximate surface area is 159 Å². The maximum Gasteiger partial charge on any atom is 0.241 e. The maximum atomic E-state index is 12.6. The molecule has 0 spiro atoms. The molecule has 0 saturated carbocycles. The summed E-state index contributed by atoms with van der Waals surface area (Å²) in [7, 11) is -3.69. The minimum absolute atomic E-state index is 0.118. The number of benzene rings is 2. The first-order valence-corrected chi connectivity index (χ1v) is 10.3. The van der Waals surface area contributed by atoms with Gasteiger partial charge in [0.15, 0.2) is 23.0 Å². The lowest BCUT2D eigenvalue weighted by Gasteiger charge is -2.20. The van der Waals surface area contributed by atoms with Crippen LogP contribution in [0.2, 0.25) is 0 Å². The molecule has 7 nitrogen and oxygen atoms in total. The summed E-state index contributed by atoms with van der Waals surface area (Å²) in [5.74, 6) is 2.34. The van der Waals surface area contributed by atoms with E-state index in [9.17, 15) is 8.42 Å². The average Bonchev–Trinajstić information content (AvgIpc) is 3.08. The Kier molecular flexibility index (Phi) is 4.68. The fourth-order valence-corrected chi connectivity index (χ4v) is 4.82. The van der Waals surface area contributed by atoms with Crippen molar-refractivity contribution in [1.29, 1.82) is 0 Å². The first-order chi connectivity index (χ1) is 12.5. The van der Waals surface area contributed by atoms with Gasteiger partial charge in [-0.15, -0.1) is 0 Å². The van der Waals surface area contributed by atoms with Crippen LogP contribution in [-0.2, 0) is 16.4 Å². The van der Waals surface area contributed by atoms with E-state index in [4.69, 9.17) is 18.9 Å². The minimum atomic E-state index is -3.69. The van der Waals surface area contributed by atoms with E-state index in [1.807, 2.05) is 18.2 Å². The monoisotopic (exact) mass is 441 g/mol. The van der Waals surface area contributed by atoms with Crippen LogP contribution in [-0.4, -0.2) is 35.0 Å². The maximum absolute atomic E-state index is 12.6. The molecule has 2 aliphatic heterocycles. The molecule has 0 radical (unpaired) electrons. The number of ether oxygens (including phenoxy) is 4. The van der Waals surface area contributed by atoms with Gasteiger partial charge in [0, 0.05) is 17.1 Å². The molecular weight excluding hydrogens is 426 g/mol. The van der Waals surface area contributed by atoms with Crippen molar-refractivity contribution in [2.45, 2.75) is 11.3 Å². The van der Waals surface area contributed by atoms with Gasteiger partial charge in [0.25, 0.3) is 0 Å². The number of fused-ring (bicyclic) bond motifs is 2. The van der Waals surface area contributed by atoms with Crippen LogP contribution >= 0.6 is 15.9 Å². The molecule has 0 atom stereocenters. The Balaban J connectivity index is 1.46. The second kappa shape index (κ2) is 6.98. The number of hydrogen-bond acceptors (Lipinski definition) is 6. The van der Waals surface area contributed by atoms with Crippen LogP contribution in [0, 0.1) is 0 Å². The summed E-state index contributed by atoms with van der Waals surface area (Å²) in [4.78, 5) is 0.118. The SMILES string of the molecule is O=S(=O)(NCCc1ccc2c(c1)OCO2)c1cc2c(cc1Br)OCCO2. The summed E-state index contributed by atoms with van der Waals surface area (Å²) in [6.07, 6.45) is 0.526. The Morgan fingerprint density at radius 1 is 0.923 bits per heavy atom. The van der Waals surface area contributed by atoms with Crippen molar-refractivity contribution >= 4 is 26.0 Å². The molecule has 0 aromatic heterocycles. The fourth-order valence-electron chi connectivity index (χ4n) is 2.76. The molecule has 2 aliphatic rings. The van der Waals surface area contributed by atoms with Gasteiger partial charge in [0.05, 0.1) is 0 Å². The summed E-state index contributed by atoms with van der Waals surface area (Å²) in [5.41, 5.74) is 0.957. The summed E-state index contributed by atoms with van der Waals surface area (Å²) >= 11 is 3.30. The smallest absolute Gasteiger partial charge is 0.241 e. The van der Waals surface area contributed by atoms with Gasteiger partial charge in [-0.25, -0.2) is 13.1 Å². The quantitative estimate of drug-likeness (QED) is 0.766. The first-order valence-electron chi connectivity index (χ1n) is 8.00. The van der Waals surface area contributed by atoms with Crippen molar-refractivity contribution < 1.29 is 27.4 Å². The van der Waals surface area contributed by atoms with E-state index >= 15 is 0 Å². The van der Waals surface area contributed by atoms with E-state index in [0.29, 0.717) is 47.1 Å². The van der Waals surface area contributed by atoms with Crippen LogP contribution in [0.5, 0.6) is 23.0 Å². The highest BCUT2D eigenvalue weighted by Gasteiger charge is 2.23. The van der Waals surface area contributed by atoms with E-state index in [2.05, 4.69) is 20.7 Å². The Bertz CT molecular complexity index is 947. The van der Waals surface area contributed by atoms with Crippen molar-refractivity contribution in [3.05, 3.63) is 40.4 Å². The van der Waals surface area contributed by atoms with E-state index in [1.54, 1.807) is 6.07 Å². The van der Waals surface area contributed by atoms with E-state index in [1.165, 1.54) is 6.07 Å². The molecule has 1 N–H and O–H groups in total. The van der Waals surface area contributed by atoms with Crippen molar-refractivity contribution in [2.75, 3.05) is 26.6 Å². The van der Waals surface area contributed by atoms with Crippen molar-refractivity contribution in [1.82, 2.24) is 4.72 Å². The lowest BCUT2D eigenvalue weighted by molar-refractivity contribution is 0.171. The van der Waals surface area contributed by atoms with E-state index in [0.717, 1.165) is 5.56 Å². The lowest BCUT2D eigenvalue weighted by atomic mass is 10.1. The van der Waals surface area contributed by atoms with Gasteiger partial charge in [-0.2, -0.15) is 0 Å². The molecule has 0 saturated heterocycles. The summed E-state index contributed by atoms with van der Waals surface area (Å²) in [6, 6.07) is 8.66. The second-order valence-corrected chi connectivity index (χ2v) is 8.35. The molecule has 9 heteroatoms. The zero-order valence-electron chi connectivity index (χ0n) is 13.7. The van der Waals surface area contributed by atoms with Gasteiger partial charge < -0.3 is 18.9 Å². The zero-order chi connectivity index (χ0) is 18.1.